The fourth-order valence-corrected chi connectivity index (χ4v) is 2.35. The summed E-state index contributed by atoms with van der Waals surface area (Å²) in [6.07, 6.45) is 3.11. The number of aliphatic hydroxyl groups is 1. The molecule has 0 bridgehead atoms. The van der Waals surface area contributed by atoms with Crippen molar-refractivity contribution in [2.24, 2.45) is 0 Å². The highest BCUT2D eigenvalue weighted by atomic mass is 16.3. The molecule has 2 aromatic rings. The van der Waals surface area contributed by atoms with Gasteiger partial charge in [-0.3, -0.25) is 4.98 Å². The molecule has 1 aromatic carbocycles. The maximum absolute atomic E-state index is 10.3. The molecule has 2 heteroatoms. The topological polar surface area (TPSA) is 33.1 Å². The molecule has 1 aromatic heterocycles. The van der Waals surface area contributed by atoms with E-state index >= 15 is 0 Å². The molecular formula is C14H13NO. The summed E-state index contributed by atoms with van der Waals surface area (Å²) in [5.41, 5.74) is 4.20. The lowest BCUT2D eigenvalue weighted by Gasteiger charge is -2.12. The first-order valence-electron chi connectivity index (χ1n) is 5.56. The van der Waals surface area contributed by atoms with E-state index in [1.54, 1.807) is 6.20 Å². The first-order valence-corrected chi connectivity index (χ1v) is 5.56. The van der Waals surface area contributed by atoms with E-state index in [0.717, 1.165) is 29.7 Å². The van der Waals surface area contributed by atoms with Crippen molar-refractivity contribution in [3.8, 4) is 0 Å². The average molecular weight is 211 g/mol. The van der Waals surface area contributed by atoms with Crippen LogP contribution in [0.1, 0.15) is 28.5 Å². The van der Waals surface area contributed by atoms with Crippen LogP contribution in [-0.2, 0) is 12.8 Å². The molecule has 80 valence electrons. The summed E-state index contributed by atoms with van der Waals surface area (Å²) >= 11 is 0. The molecule has 0 amide bonds. The van der Waals surface area contributed by atoms with Gasteiger partial charge in [0.1, 0.15) is 6.10 Å². The van der Waals surface area contributed by atoms with E-state index in [1.807, 2.05) is 24.3 Å². The molecule has 1 aliphatic rings. The molecule has 2 nitrogen and oxygen atoms in total. The highest BCUT2D eigenvalue weighted by Gasteiger charge is 2.21. The van der Waals surface area contributed by atoms with E-state index in [-0.39, 0.29) is 0 Å². The number of aromatic nitrogens is 1. The average Bonchev–Trinajstić information content (AvgIpc) is 2.49. The molecule has 0 spiro atoms. The van der Waals surface area contributed by atoms with Gasteiger partial charge < -0.3 is 5.11 Å². The van der Waals surface area contributed by atoms with Crippen LogP contribution in [0.15, 0.2) is 42.6 Å². The fraction of sp³-hybridized carbons (Fsp3) is 0.214. The number of aliphatic hydroxyl groups excluding tert-OH is 1. The minimum absolute atomic E-state index is 0.574. The minimum Gasteiger partial charge on any atom is -0.382 e. The molecule has 0 saturated heterocycles. The van der Waals surface area contributed by atoms with Gasteiger partial charge >= 0.3 is 0 Å². The van der Waals surface area contributed by atoms with Gasteiger partial charge in [-0.2, -0.15) is 0 Å². The van der Waals surface area contributed by atoms with Crippen molar-refractivity contribution in [1.29, 1.82) is 0 Å². The second kappa shape index (κ2) is 3.72. The van der Waals surface area contributed by atoms with Crippen LogP contribution in [0.3, 0.4) is 0 Å². The predicted octanol–water partition coefficient (Wildman–Crippen LogP) is 2.26. The summed E-state index contributed by atoms with van der Waals surface area (Å²) in [5.74, 6) is 0. The van der Waals surface area contributed by atoms with E-state index in [2.05, 4.69) is 17.1 Å². The Morgan fingerprint density at radius 3 is 2.69 bits per heavy atom. The van der Waals surface area contributed by atoms with Crippen LogP contribution < -0.4 is 0 Å². The van der Waals surface area contributed by atoms with Crippen molar-refractivity contribution in [1.82, 2.24) is 4.98 Å². The van der Waals surface area contributed by atoms with Crippen LogP contribution >= 0.6 is 0 Å². The monoisotopic (exact) mass is 211 g/mol. The zero-order chi connectivity index (χ0) is 11.0. The maximum atomic E-state index is 10.3. The molecular weight excluding hydrogens is 198 g/mol. The molecule has 3 rings (SSSR count). The normalized spacial score (nSPS) is 18.4. The second-order valence-electron chi connectivity index (χ2n) is 4.15. The summed E-state index contributed by atoms with van der Waals surface area (Å²) in [4.78, 5) is 4.31. The number of hydrogen-bond acceptors (Lipinski definition) is 2. The number of hydrogen-bond donors (Lipinski definition) is 1. The van der Waals surface area contributed by atoms with Gasteiger partial charge in [0.25, 0.3) is 0 Å². The van der Waals surface area contributed by atoms with Crippen molar-refractivity contribution in [2.45, 2.75) is 18.9 Å². The van der Waals surface area contributed by atoms with Crippen molar-refractivity contribution < 1.29 is 5.11 Å². The van der Waals surface area contributed by atoms with Crippen molar-refractivity contribution in [3.05, 3.63) is 65.0 Å². The first-order chi connectivity index (χ1) is 7.86. The van der Waals surface area contributed by atoms with Gasteiger partial charge in [0, 0.05) is 6.20 Å². The number of aryl methyl sites for hydroxylation is 2. The van der Waals surface area contributed by atoms with Gasteiger partial charge in [0.2, 0.25) is 0 Å². The zero-order valence-corrected chi connectivity index (χ0v) is 8.93. The molecule has 1 unspecified atom stereocenters. The third-order valence-corrected chi connectivity index (χ3v) is 3.20. The number of pyridine rings is 1. The number of rotatable bonds is 0. The van der Waals surface area contributed by atoms with Crippen LogP contribution in [0, 0.1) is 0 Å². The van der Waals surface area contributed by atoms with E-state index in [4.69, 9.17) is 0 Å². The Balaban J connectivity index is 2.18. The van der Waals surface area contributed by atoms with E-state index in [0.29, 0.717) is 0 Å². The summed E-state index contributed by atoms with van der Waals surface area (Å²) in [5, 5.41) is 10.3. The molecule has 1 aliphatic carbocycles. The van der Waals surface area contributed by atoms with Crippen molar-refractivity contribution in [3.63, 3.8) is 0 Å². The number of fused-ring (bicyclic) bond motifs is 2. The fourth-order valence-electron chi connectivity index (χ4n) is 2.35. The van der Waals surface area contributed by atoms with Gasteiger partial charge in [-0.1, -0.05) is 30.3 Å². The summed E-state index contributed by atoms with van der Waals surface area (Å²) in [6, 6.07) is 12.1. The molecule has 0 radical (unpaired) electrons. The Kier molecular flexibility index (Phi) is 2.22. The zero-order valence-electron chi connectivity index (χ0n) is 8.93. The van der Waals surface area contributed by atoms with Crippen LogP contribution in [-0.4, -0.2) is 10.1 Å². The Morgan fingerprint density at radius 2 is 1.75 bits per heavy atom. The third kappa shape index (κ3) is 1.42. The molecule has 0 fully saturated rings. The molecule has 0 aliphatic heterocycles. The number of benzene rings is 1. The van der Waals surface area contributed by atoms with Crippen molar-refractivity contribution in [2.75, 3.05) is 0 Å². The summed E-state index contributed by atoms with van der Waals surface area (Å²) in [6.45, 7) is 0. The van der Waals surface area contributed by atoms with Gasteiger partial charge in [0.15, 0.2) is 0 Å². The van der Waals surface area contributed by atoms with Gasteiger partial charge in [-0.15, -0.1) is 0 Å². The van der Waals surface area contributed by atoms with Gasteiger partial charge in [-0.05, 0) is 35.6 Å². The van der Waals surface area contributed by atoms with E-state index in [1.165, 1.54) is 5.56 Å². The van der Waals surface area contributed by atoms with Crippen LogP contribution in [0.5, 0.6) is 0 Å². The molecule has 1 atom stereocenters. The predicted molar refractivity (Wildman–Crippen MR) is 62.1 cm³/mol. The lowest BCUT2D eigenvalue weighted by Crippen LogP contribution is -2.04. The van der Waals surface area contributed by atoms with E-state index in [9.17, 15) is 5.11 Å². The van der Waals surface area contributed by atoms with Crippen LogP contribution in [0.4, 0.5) is 0 Å². The Morgan fingerprint density at radius 1 is 1.00 bits per heavy atom. The second-order valence-corrected chi connectivity index (χ2v) is 4.15. The third-order valence-electron chi connectivity index (χ3n) is 3.20. The SMILES string of the molecule is OC1c2ccccc2CCc2cccnc21. The summed E-state index contributed by atoms with van der Waals surface area (Å²) < 4.78 is 0. The maximum Gasteiger partial charge on any atom is 0.121 e. The lowest BCUT2D eigenvalue weighted by atomic mass is 10.0. The largest absolute Gasteiger partial charge is 0.382 e. The van der Waals surface area contributed by atoms with Gasteiger partial charge in [-0.25, -0.2) is 0 Å². The standard InChI is InChI=1S/C14H13NO/c16-14-12-6-2-1-4-10(12)7-8-11-5-3-9-15-13(11)14/h1-6,9,14,16H,7-8H2. The Labute approximate surface area is 94.6 Å². The molecule has 1 heterocycles. The molecule has 16 heavy (non-hydrogen) atoms. The Hall–Kier alpha value is -1.67. The van der Waals surface area contributed by atoms with E-state index < -0.39 is 6.10 Å². The van der Waals surface area contributed by atoms with Crippen LogP contribution in [0.25, 0.3) is 0 Å². The highest BCUT2D eigenvalue weighted by Crippen LogP contribution is 2.30. The lowest BCUT2D eigenvalue weighted by molar-refractivity contribution is 0.214. The Bertz CT molecular complexity index is 474. The van der Waals surface area contributed by atoms with Crippen molar-refractivity contribution >= 4 is 0 Å². The smallest absolute Gasteiger partial charge is 0.121 e. The van der Waals surface area contributed by atoms with Gasteiger partial charge in [0.05, 0.1) is 5.69 Å². The number of nitrogens with zero attached hydrogens (tertiary/aromatic N) is 1. The molecule has 0 saturated carbocycles. The summed E-state index contributed by atoms with van der Waals surface area (Å²) in [7, 11) is 0. The first kappa shape index (κ1) is 9.55. The molecule has 1 N–H and O–H groups in total. The minimum atomic E-state index is -0.574. The quantitative estimate of drug-likeness (QED) is 0.725. The highest BCUT2D eigenvalue weighted by molar-refractivity contribution is 5.39. The van der Waals surface area contributed by atoms with Crippen LogP contribution in [0.2, 0.25) is 0 Å².